The predicted molar refractivity (Wildman–Crippen MR) is 112 cm³/mol. The van der Waals surface area contributed by atoms with Gasteiger partial charge in [-0.05, 0) is 54.8 Å². The largest absolute Gasteiger partial charge is 0.351 e. The minimum Gasteiger partial charge on any atom is -0.351 e. The number of carbonyl (C=O) groups excluding carboxylic acids is 1. The molecule has 0 atom stereocenters. The van der Waals surface area contributed by atoms with Gasteiger partial charge in [0.25, 0.3) is 15.9 Å². The van der Waals surface area contributed by atoms with E-state index in [2.05, 4.69) is 5.32 Å². The molecular weight excluding hydrogens is 407 g/mol. The first-order valence-electron chi connectivity index (χ1n) is 9.96. The third-order valence-electron chi connectivity index (χ3n) is 5.86. The number of nitrogens with one attached hydrogen (secondary N) is 1. The lowest BCUT2D eigenvalue weighted by atomic mass is 9.69. The Morgan fingerprint density at radius 3 is 2.23 bits per heavy atom. The van der Waals surface area contributed by atoms with Gasteiger partial charge >= 0.3 is 0 Å². The molecule has 1 aliphatic carbocycles. The fourth-order valence-corrected chi connectivity index (χ4v) is 4.95. The van der Waals surface area contributed by atoms with Gasteiger partial charge in [-0.15, -0.1) is 0 Å². The summed E-state index contributed by atoms with van der Waals surface area (Å²) in [7, 11) is -1.20. The first-order chi connectivity index (χ1) is 14.3. The van der Waals surface area contributed by atoms with E-state index in [0.717, 1.165) is 42.1 Å². The van der Waals surface area contributed by atoms with Crippen molar-refractivity contribution in [1.29, 1.82) is 0 Å². The van der Waals surface area contributed by atoms with E-state index >= 15 is 0 Å². The summed E-state index contributed by atoms with van der Waals surface area (Å²) in [6.07, 6.45) is 5.14. The number of hydrogen-bond acceptors (Lipinski definition) is 4. The summed E-state index contributed by atoms with van der Waals surface area (Å²) in [5, 5.41) is 3.00. The minimum absolute atomic E-state index is 0.0402. The van der Waals surface area contributed by atoms with Crippen molar-refractivity contribution in [3.05, 3.63) is 65.5 Å². The molecule has 0 heterocycles. The molecule has 1 fully saturated rings. The topological polar surface area (TPSA) is 75.7 Å². The van der Waals surface area contributed by atoms with Gasteiger partial charge in [0.2, 0.25) is 0 Å². The molecule has 1 aliphatic rings. The number of hydroxylamine groups is 1. The average molecular weight is 435 g/mol. The second-order valence-electron chi connectivity index (χ2n) is 7.65. The molecule has 162 valence electrons. The zero-order chi connectivity index (χ0) is 21.8. The van der Waals surface area contributed by atoms with Crippen molar-refractivity contribution in [3.63, 3.8) is 0 Å². The third-order valence-corrected chi connectivity index (χ3v) is 7.56. The summed E-state index contributed by atoms with van der Waals surface area (Å²) in [5.41, 5.74) is 1.19. The van der Waals surface area contributed by atoms with Gasteiger partial charge in [0, 0.05) is 24.6 Å². The van der Waals surface area contributed by atoms with Gasteiger partial charge in [-0.3, -0.25) is 9.63 Å². The number of hydrogen-bond donors (Lipinski definition) is 1. The smallest absolute Gasteiger partial charge is 0.264 e. The molecule has 1 saturated carbocycles. The molecule has 0 unspecified atom stereocenters. The van der Waals surface area contributed by atoms with Gasteiger partial charge in [-0.1, -0.05) is 35.9 Å². The highest BCUT2D eigenvalue weighted by Gasteiger charge is 2.34. The summed E-state index contributed by atoms with van der Waals surface area (Å²) < 4.78 is 38.7. The van der Waals surface area contributed by atoms with E-state index in [9.17, 15) is 17.6 Å². The van der Waals surface area contributed by atoms with Crippen molar-refractivity contribution in [2.45, 2.75) is 42.4 Å². The number of nitrogens with zero attached hydrogens (tertiary/aromatic N) is 1. The van der Waals surface area contributed by atoms with Crippen LogP contribution in [0, 0.1) is 5.82 Å². The van der Waals surface area contributed by atoms with Crippen molar-refractivity contribution in [1.82, 2.24) is 9.79 Å². The second-order valence-corrected chi connectivity index (χ2v) is 9.59. The fourth-order valence-electron chi connectivity index (χ4n) is 3.98. The van der Waals surface area contributed by atoms with Gasteiger partial charge < -0.3 is 5.32 Å². The van der Waals surface area contributed by atoms with Gasteiger partial charge in [0.05, 0.1) is 12.0 Å². The van der Waals surface area contributed by atoms with Gasteiger partial charge in [0.1, 0.15) is 5.82 Å². The predicted octanol–water partition coefficient (Wildman–Crippen LogP) is 3.64. The van der Waals surface area contributed by atoms with Crippen LogP contribution in [0.25, 0.3) is 0 Å². The molecule has 8 heteroatoms. The number of amides is 1. The van der Waals surface area contributed by atoms with Crippen molar-refractivity contribution >= 4 is 15.9 Å². The molecule has 3 rings (SSSR count). The van der Waals surface area contributed by atoms with E-state index < -0.39 is 10.0 Å². The van der Waals surface area contributed by atoms with Crippen LogP contribution in [0.4, 0.5) is 4.39 Å². The number of halogens is 1. The monoisotopic (exact) mass is 434 g/mol. The normalized spacial score (nSPS) is 16.4. The summed E-state index contributed by atoms with van der Waals surface area (Å²) in [6.45, 7) is 0.448. The van der Waals surface area contributed by atoms with Crippen LogP contribution in [0.15, 0.2) is 53.4 Å². The van der Waals surface area contributed by atoms with Crippen LogP contribution in [0.2, 0.25) is 0 Å². The molecule has 0 bridgehead atoms. The number of carbonyl (C=O) groups is 1. The van der Waals surface area contributed by atoms with Crippen molar-refractivity contribution in [3.8, 4) is 0 Å². The van der Waals surface area contributed by atoms with Crippen molar-refractivity contribution < 1.29 is 22.4 Å². The first-order valence-corrected chi connectivity index (χ1v) is 11.4. The highest BCUT2D eigenvalue weighted by Crippen LogP contribution is 2.39. The molecule has 0 radical (unpaired) electrons. The summed E-state index contributed by atoms with van der Waals surface area (Å²) in [4.78, 5) is 17.5. The summed E-state index contributed by atoms with van der Waals surface area (Å²) >= 11 is 0. The number of benzene rings is 2. The summed E-state index contributed by atoms with van der Waals surface area (Å²) in [6, 6.07) is 12.3. The van der Waals surface area contributed by atoms with Crippen molar-refractivity contribution in [2.24, 2.45) is 0 Å². The Labute approximate surface area is 177 Å². The third kappa shape index (κ3) is 4.71. The van der Waals surface area contributed by atoms with Crippen LogP contribution < -0.4 is 5.32 Å². The van der Waals surface area contributed by atoms with Crippen LogP contribution in [0.3, 0.4) is 0 Å². The number of sulfonamides is 1. The minimum atomic E-state index is -3.76. The second kappa shape index (κ2) is 9.24. The van der Waals surface area contributed by atoms with E-state index in [1.165, 1.54) is 50.6 Å². The van der Waals surface area contributed by atoms with Crippen LogP contribution in [0.1, 0.15) is 48.0 Å². The Kier molecular flexibility index (Phi) is 6.90. The highest BCUT2D eigenvalue weighted by molar-refractivity contribution is 7.89. The van der Waals surface area contributed by atoms with Gasteiger partial charge in [0.15, 0.2) is 0 Å². The standard InChI is InChI=1S/C22H27FN2O4S/c1-25(29-2)30(27,28)20-12-6-17(7-13-20)21(26)24-16-22(14-4-3-5-15-22)18-8-10-19(23)11-9-18/h6-13H,3-5,14-16H2,1-2H3,(H,24,26). The van der Waals surface area contributed by atoms with Crippen LogP contribution in [-0.2, 0) is 20.3 Å². The molecule has 2 aromatic rings. The molecule has 2 aromatic carbocycles. The molecule has 0 aromatic heterocycles. The van der Waals surface area contributed by atoms with Crippen LogP contribution in [-0.4, -0.2) is 39.5 Å². The summed E-state index contributed by atoms with van der Waals surface area (Å²) in [5.74, 6) is -0.547. The highest BCUT2D eigenvalue weighted by atomic mass is 32.2. The lowest BCUT2D eigenvalue weighted by molar-refractivity contribution is -0.0258. The first kappa shape index (κ1) is 22.4. The Bertz CT molecular complexity index is 969. The maximum absolute atomic E-state index is 13.4. The molecular formula is C22H27FN2O4S. The van der Waals surface area contributed by atoms with Crippen LogP contribution in [0.5, 0.6) is 0 Å². The van der Waals surface area contributed by atoms with Crippen molar-refractivity contribution in [2.75, 3.05) is 20.7 Å². The SMILES string of the molecule is CON(C)S(=O)(=O)c1ccc(C(=O)NCC2(c3ccc(F)cc3)CCCCC2)cc1. The Balaban J connectivity index is 1.74. The van der Waals surface area contributed by atoms with Crippen LogP contribution >= 0.6 is 0 Å². The molecule has 0 spiro atoms. The maximum atomic E-state index is 13.4. The zero-order valence-corrected chi connectivity index (χ0v) is 18.0. The maximum Gasteiger partial charge on any atom is 0.264 e. The zero-order valence-electron chi connectivity index (χ0n) is 17.2. The molecule has 30 heavy (non-hydrogen) atoms. The van der Waals surface area contributed by atoms with Gasteiger partial charge in [-0.25, -0.2) is 12.8 Å². The lowest BCUT2D eigenvalue weighted by Crippen LogP contribution is -2.42. The molecule has 6 nitrogen and oxygen atoms in total. The Hall–Kier alpha value is -2.29. The molecule has 0 aliphatic heterocycles. The molecule has 1 amide bonds. The number of rotatable bonds is 7. The Morgan fingerprint density at radius 1 is 1.07 bits per heavy atom. The fraction of sp³-hybridized carbons (Fsp3) is 0.409. The Morgan fingerprint density at radius 2 is 1.67 bits per heavy atom. The average Bonchev–Trinajstić information content (AvgIpc) is 2.78. The quantitative estimate of drug-likeness (QED) is 0.675. The molecule has 0 saturated heterocycles. The van der Waals surface area contributed by atoms with E-state index in [1.807, 2.05) is 0 Å². The van der Waals surface area contributed by atoms with Gasteiger partial charge in [-0.2, -0.15) is 0 Å². The van der Waals surface area contributed by atoms with E-state index in [0.29, 0.717) is 12.1 Å². The molecule has 1 N–H and O–H groups in total. The van der Waals surface area contributed by atoms with E-state index in [4.69, 9.17) is 4.84 Å². The van der Waals surface area contributed by atoms with E-state index in [1.54, 1.807) is 12.1 Å². The lowest BCUT2D eigenvalue weighted by Gasteiger charge is -2.38. The van der Waals surface area contributed by atoms with E-state index in [-0.39, 0.29) is 22.0 Å².